The molecular formula is C13H21N7. The molecule has 0 aromatic carbocycles. The SMILES string of the molecule is CCCNc1nc(N(C)C)nc(-n2ccnc2CC)n1. The van der Waals surface area contributed by atoms with Crippen molar-refractivity contribution >= 4 is 11.9 Å². The number of aromatic nitrogens is 5. The number of nitrogens with zero attached hydrogens (tertiary/aromatic N) is 6. The Balaban J connectivity index is 2.43. The number of hydrogen-bond acceptors (Lipinski definition) is 6. The first-order chi connectivity index (χ1) is 9.65. The third-order valence-corrected chi connectivity index (χ3v) is 2.79. The first-order valence-electron chi connectivity index (χ1n) is 6.85. The van der Waals surface area contributed by atoms with Gasteiger partial charge in [0.15, 0.2) is 0 Å². The molecule has 0 aliphatic carbocycles. The van der Waals surface area contributed by atoms with E-state index in [9.17, 15) is 0 Å². The summed E-state index contributed by atoms with van der Waals surface area (Å²) in [6.45, 7) is 5.00. The van der Waals surface area contributed by atoms with E-state index in [2.05, 4.69) is 39.1 Å². The van der Waals surface area contributed by atoms with E-state index in [0.717, 1.165) is 25.2 Å². The summed E-state index contributed by atoms with van der Waals surface area (Å²) in [5, 5.41) is 3.21. The molecule has 0 fully saturated rings. The Kier molecular flexibility index (Phi) is 4.49. The minimum Gasteiger partial charge on any atom is -0.354 e. The Hall–Kier alpha value is -2.18. The molecule has 0 aliphatic rings. The quantitative estimate of drug-likeness (QED) is 0.861. The van der Waals surface area contributed by atoms with Crippen LogP contribution in [0.5, 0.6) is 0 Å². The van der Waals surface area contributed by atoms with Gasteiger partial charge in [-0.05, 0) is 6.42 Å². The van der Waals surface area contributed by atoms with Crippen molar-refractivity contribution in [2.45, 2.75) is 26.7 Å². The number of hydrogen-bond donors (Lipinski definition) is 1. The minimum absolute atomic E-state index is 0.594. The first-order valence-corrected chi connectivity index (χ1v) is 6.85. The summed E-state index contributed by atoms with van der Waals surface area (Å²) in [5.74, 6) is 2.75. The molecule has 2 aromatic rings. The Bertz CT molecular complexity index is 562. The molecule has 2 rings (SSSR count). The van der Waals surface area contributed by atoms with Gasteiger partial charge in [0.1, 0.15) is 5.82 Å². The van der Waals surface area contributed by atoms with E-state index in [4.69, 9.17) is 0 Å². The van der Waals surface area contributed by atoms with Crippen molar-refractivity contribution in [2.75, 3.05) is 30.9 Å². The van der Waals surface area contributed by atoms with Gasteiger partial charge in [0.25, 0.3) is 0 Å². The molecular weight excluding hydrogens is 254 g/mol. The molecule has 0 amide bonds. The van der Waals surface area contributed by atoms with Gasteiger partial charge >= 0.3 is 0 Å². The lowest BCUT2D eigenvalue weighted by molar-refractivity contribution is 0.811. The highest BCUT2D eigenvalue weighted by Crippen LogP contribution is 2.13. The van der Waals surface area contributed by atoms with Crippen molar-refractivity contribution in [1.82, 2.24) is 24.5 Å². The normalized spacial score (nSPS) is 10.6. The molecule has 0 saturated heterocycles. The smallest absolute Gasteiger partial charge is 0.241 e. The van der Waals surface area contributed by atoms with Crippen molar-refractivity contribution in [2.24, 2.45) is 0 Å². The van der Waals surface area contributed by atoms with E-state index in [1.807, 2.05) is 29.8 Å². The van der Waals surface area contributed by atoms with E-state index in [1.54, 1.807) is 6.20 Å². The topological polar surface area (TPSA) is 71.8 Å². The molecule has 0 radical (unpaired) electrons. The largest absolute Gasteiger partial charge is 0.354 e. The second-order valence-corrected chi connectivity index (χ2v) is 4.65. The van der Waals surface area contributed by atoms with Gasteiger partial charge in [-0.1, -0.05) is 13.8 Å². The first kappa shape index (κ1) is 14.2. The molecule has 7 heteroatoms. The molecule has 2 aromatic heterocycles. The average molecular weight is 275 g/mol. The van der Waals surface area contributed by atoms with E-state index in [0.29, 0.717) is 17.8 Å². The maximum atomic E-state index is 4.48. The van der Waals surface area contributed by atoms with E-state index < -0.39 is 0 Å². The summed E-state index contributed by atoms with van der Waals surface area (Å²) in [5.41, 5.74) is 0. The van der Waals surface area contributed by atoms with Crippen LogP contribution in [0.3, 0.4) is 0 Å². The molecule has 0 unspecified atom stereocenters. The molecule has 20 heavy (non-hydrogen) atoms. The van der Waals surface area contributed by atoms with Crippen molar-refractivity contribution < 1.29 is 0 Å². The maximum absolute atomic E-state index is 4.48. The van der Waals surface area contributed by atoms with Crippen LogP contribution in [0.4, 0.5) is 11.9 Å². The lowest BCUT2D eigenvalue weighted by atomic mass is 10.4. The molecule has 1 N–H and O–H groups in total. The number of rotatable bonds is 6. The molecule has 0 saturated carbocycles. The lowest BCUT2D eigenvalue weighted by Crippen LogP contribution is -2.18. The fraction of sp³-hybridized carbons (Fsp3) is 0.538. The molecule has 108 valence electrons. The number of anilines is 2. The monoisotopic (exact) mass is 275 g/mol. The number of imidazole rings is 1. The molecule has 0 atom stereocenters. The van der Waals surface area contributed by atoms with Crippen molar-refractivity contribution in [3.63, 3.8) is 0 Å². The van der Waals surface area contributed by atoms with E-state index >= 15 is 0 Å². The summed E-state index contributed by atoms with van der Waals surface area (Å²) in [6.07, 6.45) is 5.48. The van der Waals surface area contributed by atoms with Crippen LogP contribution < -0.4 is 10.2 Å². The van der Waals surface area contributed by atoms with Gasteiger partial charge in [-0.25, -0.2) is 4.98 Å². The fourth-order valence-corrected chi connectivity index (χ4v) is 1.76. The predicted octanol–water partition coefficient (Wildman–Crippen LogP) is 1.51. The Morgan fingerprint density at radius 1 is 1.20 bits per heavy atom. The third kappa shape index (κ3) is 3.04. The Morgan fingerprint density at radius 2 is 2.00 bits per heavy atom. The van der Waals surface area contributed by atoms with Crippen molar-refractivity contribution in [3.05, 3.63) is 18.2 Å². The molecule has 0 bridgehead atoms. The van der Waals surface area contributed by atoms with E-state index in [-0.39, 0.29) is 0 Å². The molecule has 2 heterocycles. The summed E-state index contributed by atoms with van der Waals surface area (Å²) in [7, 11) is 3.83. The zero-order chi connectivity index (χ0) is 14.5. The van der Waals surface area contributed by atoms with Crippen LogP contribution in [0.25, 0.3) is 5.95 Å². The van der Waals surface area contributed by atoms with Crippen LogP contribution in [0.1, 0.15) is 26.1 Å². The molecule has 0 spiro atoms. The minimum atomic E-state index is 0.594. The second kappa shape index (κ2) is 6.31. The van der Waals surface area contributed by atoms with Crippen LogP contribution in [-0.4, -0.2) is 45.1 Å². The summed E-state index contributed by atoms with van der Waals surface area (Å²) in [4.78, 5) is 19.5. The second-order valence-electron chi connectivity index (χ2n) is 4.65. The number of nitrogens with one attached hydrogen (secondary N) is 1. The van der Waals surface area contributed by atoms with Crippen LogP contribution in [0.2, 0.25) is 0 Å². The van der Waals surface area contributed by atoms with Crippen molar-refractivity contribution in [1.29, 1.82) is 0 Å². The van der Waals surface area contributed by atoms with Crippen LogP contribution in [0.15, 0.2) is 12.4 Å². The predicted molar refractivity (Wildman–Crippen MR) is 79.4 cm³/mol. The highest BCUT2D eigenvalue weighted by Gasteiger charge is 2.11. The van der Waals surface area contributed by atoms with Gasteiger partial charge in [0, 0.05) is 39.5 Å². The third-order valence-electron chi connectivity index (χ3n) is 2.79. The van der Waals surface area contributed by atoms with Gasteiger partial charge in [-0.3, -0.25) is 4.57 Å². The molecule has 0 aliphatic heterocycles. The summed E-state index contributed by atoms with van der Waals surface area (Å²) < 4.78 is 1.89. The zero-order valence-corrected chi connectivity index (χ0v) is 12.5. The van der Waals surface area contributed by atoms with Crippen LogP contribution in [-0.2, 0) is 6.42 Å². The van der Waals surface area contributed by atoms with Crippen LogP contribution >= 0.6 is 0 Å². The average Bonchev–Trinajstić information content (AvgIpc) is 2.93. The highest BCUT2D eigenvalue weighted by molar-refractivity contribution is 5.39. The Labute approximate surface area is 119 Å². The van der Waals surface area contributed by atoms with Gasteiger partial charge in [0.05, 0.1) is 0 Å². The summed E-state index contributed by atoms with van der Waals surface area (Å²) in [6, 6.07) is 0. The summed E-state index contributed by atoms with van der Waals surface area (Å²) >= 11 is 0. The molecule has 7 nitrogen and oxygen atoms in total. The zero-order valence-electron chi connectivity index (χ0n) is 12.5. The maximum Gasteiger partial charge on any atom is 0.241 e. The van der Waals surface area contributed by atoms with Gasteiger partial charge in [-0.15, -0.1) is 0 Å². The fourth-order valence-electron chi connectivity index (χ4n) is 1.76. The van der Waals surface area contributed by atoms with Gasteiger partial charge in [-0.2, -0.15) is 15.0 Å². The van der Waals surface area contributed by atoms with Gasteiger partial charge < -0.3 is 10.2 Å². The van der Waals surface area contributed by atoms with Gasteiger partial charge in [0.2, 0.25) is 17.8 Å². The number of aryl methyl sites for hydroxylation is 1. The van der Waals surface area contributed by atoms with Crippen LogP contribution in [0, 0.1) is 0 Å². The Morgan fingerprint density at radius 3 is 2.65 bits per heavy atom. The lowest BCUT2D eigenvalue weighted by Gasteiger charge is -2.14. The van der Waals surface area contributed by atoms with Crippen molar-refractivity contribution in [3.8, 4) is 5.95 Å². The standard InChI is InChI=1S/C13H21N7/c1-5-7-15-11-16-12(19(3)4)18-13(17-11)20-9-8-14-10(20)6-2/h8-9H,5-7H2,1-4H3,(H,15,16,17,18). The van der Waals surface area contributed by atoms with E-state index in [1.165, 1.54) is 0 Å². The highest BCUT2D eigenvalue weighted by atomic mass is 15.3.